The Balaban J connectivity index is 1.69. The van der Waals surface area contributed by atoms with Crippen LogP contribution in [0.4, 0.5) is 0 Å². The number of amides is 1. The number of ether oxygens (including phenoxy) is 4. The van der Waals surface area contributed by atoms with E-state index in [4.69, 9.17) is 18.9 Å². The zero-order valence-corrected chi connectivity index (χ0v) is 22.3. The Morgan fingerprint density at radius 2 is 1.92 bits per heavy atom. The minimum absolute atomic E-state index is 0.0512. The molecule has 2 aliphatic heterocycles. The zero-order chi connectivity index (χ0) is 25.7. The van der Waals surface area contributed by atoms with Gasteiger partial charge in [-0.3, -0.25) is 4.79 Å². The van der Waals surface area contributed by atoms with Crippen LogP contribution < -0.4 is 18.9 Å². The Morgan fingerprint density at radius 1 is 1.11 bits per heavy atom. The van der Waals surface area contributed by atoms with Crippen LogP contribution in [0.5, 0.6) is 23.0 Å². The van der Waals surface area contributed by atoms with Crippen molar-refractivity contribution in [2.75, 3.05) is 47.0 Å². The Morgan fingerprint density at radius 3 is 2.64 bits per heavy atom. The average molecular weight is 497 g/mol. The third kappa shape index (κ3) is 6.25. The number of nitrogens with zero attached hydrogens (tertiary/aromatic N) is 2. The summed E-state index contributed by atoms with van der Waals surface area (Å²) in [7, 11) is 3.82. The van der Waals surface area contributed by atoms with Gasteiger partial charge in [0.15, 0.2) is 23.0 Å². The van der Waals surface area contributed by atoms with Crippen molar-refractivity contribution in [2.24, 2.45) is 5.92 Å². The van der Waals surface area contributed by atoms with Gasteiger partial charge in [-0.15, -0.1) is 0 Å². The molecule has 1 amide bonds. The van der Waals surface area contributed by atoms with Gasteiger partial charge in [0.05, 0.1) is 26.4 Å². The van der Waals surface area contributed by atoms with Gasteiger partial charge in [-0.2, -0.15) is 0 Å². The maximum absolute atomic E-state index is 12.5. The number of rotatable bonds is 8. The van der Waals surface area contributed by atoms with E-state index >= 15 is 0 Å². The van der Waals surface area contributed by atoms with Crippen molar-refractivity contribution in [3.8, 4) is 34.1 Å². The lowest BCUT2D eigenvalue weighted by atomic mass is 9.99. The van der Waals surface area contributed by atoms with Crippen LogP contribution in [0.25, 0.3) is 11.1 Å². The van der Waals surface area contributed by atoms with E-state index in [0.717, 1.165) is 41.3 Å². The molecule has 1 saturated heterocycles. The zero-order valence-electron chi connectivity index (χ0n) is 22.3. The van der Waals surface area contributed by atoms with E-state index in [1.54, 1.807) is 7.11 Å². The summed E-state index contributed by atoms with van der Waals surface area (Å²) in [6, 6.07) is 10.1. The monoisotopic (exact) mass is 496 g/mol. The summed E-state index contributed by atoms with van der Waals surface area (Å²) in [5.74, 6) is 3.50. The highest BCUT2D eigenvalue weighted by Crippen LogP contribution is 2.41. The predicted octanol–water partition coefficient (Wildman–Crippen LogP) is 5.00. The second-order valence-electron chi connectivity index (χ2n) is 10.1. The van der Waals surface area contributed by atoms with Crippen LogP contribution in [0.15, 0.2) is 30.3 Å². The fourth-order valence-corrected chi connectivity index (χ4v) is 5.01. The minimum atomic E-state index is 0.0512. The molecule has 2 aliphatic rings. The fourth-order valence-electron chi connectivity index (χ4n) is 5.01. The number of likely N-dealkylation sites (tertiary alicyclic amines) is 1. The van der Waals surface area contributed by atoms with E-state index in [1.165, 1.54) is 12.8 Å². The number of methoxy groups -OCH3 is 1. The molecule has 36 heavy (non-hydrogen) atoms. The second-order valence-corrected chi connectivity index (χ2v) is 10.1. The molecule has 0 aliphatic carbocycles. The molecule has 0 N–H and O–H groups in total. The van der Waals surface area contributed by atoms with Crippen molar-refractivity contribution in [1.29, 1.82) is 0 Å². The van der Waals surface area contributed by atoms with Crippen molar-refractivity contribution in [2.45, 2.75) is 52.7 Å². The maximum Gasteiger partial charge on any atom is 0.222 e. The molecule has 2 aromatic carbocycles. The number of piperidine rings is 1. The topological polar surface area (TPSA) is 60.5 Å². The Bertz CT molecular complexity index is 1050. The molecular weight excluding hydrogens is 456 g/mol. The highest BCUT2D eigenvalue weighted by atomic mass is 16.5. The summed E-state index contributed by atoms with van der Waals surface area (Å²) in [4.78, 5) is 16.8. The van der Waals surface area contributed by atoms with Crippen molar-refractivity contribution in [3.63, 3.8) is 0 Å². The van der Waals surface area contributed by atoms with Crippen LogP contribution in [-0.4, -0.2) is 68.8 Å². The summed E-state index contributed by atoms with van der Waals surface area (Å²) in [6.07, 6.45) is 2.88. The number of carbonyl (C=O) groups is 1. The molecule has 1 unspecified atom stereocenters. The molecule has 2 aromatic rings. The third-order valence-corrected chi connectivity index (χ3v) is 6.81. The summed E-state index contributed by atoms with van der Waals surface area (Å²) < 4.78 is 24.2. The van der Waals surface area contributed by atoms with Crippen molar-refractivity contribution in [3.05, 3.63) is 35.9 Å². The normalized spacial score (nSPS) is 18.3. The summed E-state index contributed by atoms with van der Waals surface area (Å²) in [5.41, 5.74) is 2.95. The van der Waals surface area contributed by atoms with E-state index in [9.17, 15) is 4.79 Å². The highest BCUT2D eigenvalue weighted by molar-refractivity contribution is 5.77. The lowest BCUT2D eigenvalue weighted by Gasteiger charge is -2.29. The Kier molecular flexibility index (Phi) is 8.62. The first-order valence-electron chi connectivity index (χ1n) is 13.1. The first kappa shape index (κ1) is 26.1. The van der Waals surface area contributed by atoms with Gasteiger partial charge in [0.2, 0.25) is 5.91 Å². The minimum Gasteiger partial charge on any atom is -0.493 e. The van der Waals surface area contributed by atoms with E-state index in [0.29, 0.717) is 50.1 Å². The smallest absolute Gasteiger partial charge is 0.222 e. The summed E-state index contributed by atoms with van der Waals surface area (Å²) in [5, 5.41) is 0. The van der Waals surface area contributed by atoms with Crippen molar-refractivity contribution >= 4 is 5.91 Å². The van der Waals surface area contributed by atoms with Crippen LogP contribution >= 0.6 is 0 Å². The summed E-state index contributed by atoms with van der Waals surface area (Å²) in [6.45, 7) is 10.2. The molecule has 0 saturated carbocycles. The van der Waals surface area contributed by atoms with Gasteiger partial charge in [0, 0.05) is 31.0 Å². The van der Waals surface area contributed by atoms with Gasteiger partial charge in [-0.1, -0.05) is 13.0 Å². The van der Waals surface area contributed by atoms with Gasteiger partial charge in [-0.05, 0) is 75.7 Å². The molecule has 0 aromatic heterocycles. The molecule has 7 heteroatoms. The largest absolute Gasteiger partial charge is 0.493 e. The fraction of sp³-hybridized carbons (Fsp3) is 0.552. The summed E-state index contributed by atoms with van der Waals surface area (Å²) >= 11 is 0. The van der Waals surface area contributed by atoms with Crippen LogP contribution in [0.1, 0.15) is 45.6 Å². The number of benzene rings is 2. The maximum atomic E-state index is 12.5. The van der Waals surface area contributed by atoms with Crippen LogP contribution in [-0.2, 0) is 11.3 Å². The van der Waals surface area contributed by atoms with E-state index in [2.05, 4.69) is 24.1 Å². The molecule has 196 valence electrons. The molecule has 1 fully saturated rings. The average Bonchev–Trinajstić information content (AvgIpc) is 3.09. The number of hydrogen-bond donors (Lipinski definition) is 0. The van der Waals surface area contributed by atoms with Crippen molar-refractivity contribution in [1.82, 2.24) is 9.80 Å². The standard InChI is InChI=1S/C29H40N2O5/c1-6-28(32)31-12-13-34-29-24(18-31)14-23(16-27(29)35-19-21-8-7-11-30(4)17-21)22-9-10-25(36-20(2)3)26(15-22)33-5/h9-10,14-16,20-21H,6-8,11-13,17-19H2,1-5H3. The molecule has 2 heterocycles. The molecular formula is C29H40N2O5. The van der Waals surface area contributed by atoms with Crippen LogP contribution in [0.2, 0.25) is 0 Å². The van der Waals surface area contributed by atoms with Gasteiger partial charge >= 0.3 is 0 Å². The first-order valence-corrected chi connectivity index (χ1v) is 13.1. The highest BCUT2D eigenvalue weighted by Gasteiger charge is 2.25. The lowest BCUT2D eigenvalue weighted by molar-refractivity contribution is -0.131. The SMILES string of the molecule is CCC(=O)N1CCOc2c(cc(-c3ccc(OC(C)C)c(OC)c3)cc2OCC2CCCN(C)C2)C1. The van der Waals surface area contributed by atoms with Crippen molar-refractivity contribution < 1.29 is 23.7 Å². The van der Waals surface area contributed by atoms with E-state index in [-0.39, 0.29) is 12.0 Å². The number of hydrogen-bond acceptors (Lipinski definition) is 6. The Hall–Kier alpha value is -2.93. The van der Waals surface area contributed by atoms with Gasteiger partial charge < -0.3 is 28.7 Å². The molecule has 4 rings (SSSR count). The van der Waals surface area contributed by atoms with Crippen LogP contribution in [0.3, 0.4) is 0 Å². The molecule has 0 radical (unpaired) electrons. The molecule has 0 spiro atoms. The van der Waals surface area contributed by atoms with Gasteiger partial charge in [-0.25, -0.2) is 0 Å². The first-order chi connectivity index (χ1) is 17.4. The molecule has 0 bridgehead atoms. The third-order valence-electron chi connectivity index (χ3n) is 6.81. The number of fused-ring (bicyclic) bond motifs is 1. The van der Waals surface area contributed by atoms with Gasteiger partial charge in [0.25, 0.3) is 0 Å². The predicted molar refractivity (Wildman–Crippen MR) is 141 cm³/mol. The van der Waals surface area contributed by atoms with Gasteiger partial charge in [0.1, 0.15) is 6.61 Å². The lowest BCUT2D eigenvalue weighted by Crippen LogP contribution is -2.34. The second kappa shape index (κ2) is 11.9. The van der Waals surface area contributed by atoms with E-state index < -0.39 is 0 Å². The van der Waals surface area contributed by atoms with E-state index in [1.807, 2.05) is 43.9 Å². The van der Waals surface area contributed by atoms with Crippen LogP contribution in [0, 0.1) is 5.92 Å². The quantitative estimate of drug-likeness (QED) is 0.513. The molecule has 1 atom stereocenters. The molecule has 7 nitrogen and oxygen atoms in total. The number of carbonyl (C=O) groups excluding carboxylic acids is 1. The Labute approximate surface area is 215 Å².